The molecule has 132 valence electrons. The lowest BCUT2D eigenvalue weighted by Gasteiger charge is -2.23. The van der Waals surface area contributed by atoms with Gasteiger partial charge in [-0.15, -0.1) is 0 Å². The van der Waals surface area contributed by atoms with Gasteiger partial charge in [-0.3, -0.25) is 4.98 Å². The summed E-state index contributed by atoms with van der Waals surface area (Å²) in [5.74, 6) is 0.786. The molecule has 1 aliphatic carbocycles. The first-order valence-electron chi connectivity index (χ1n) is 8.63. The van der Waals surface area contributed by atoms with Crippen molar-refractivity contribution in [1.29, 1.82) is 0 Å². The van der Waals surface area contributed by atoms with Crippen molar-refractivity contribution in [2.75, 3.05) is 6.54 Å². The zero-order valence-corrected chi connectivity index (χ0v) is 14.8. The van der Waals surface area contributed by atoms with Crippen molar-refractivity contribution in [2.45, 2.75) is 33.4 Å². The average molecular weight is 339 g/mol. The van der Waals surface area contributed by atoms with Gasteiger partial charge in [-0.05, 0) is 47.1 Å². The quantitative estimate of drug-likeness (QED) is 0.846. The average Bonchev–Trinajstić information content (AvgIpc) is 3.22. The monoisotopic (exact) mass is 339 g/mol. The van der Waals surface area contributed by atoms with E-state index in [2.05, 4.69) is 24.1 Å². The summed E-state index contributed by atoms with van der Waals surface area (Å²) in [5, 5.41) is 12.5. The number of aromatic hydroxyl groups is 1. The minimum absolute atomic E-state index is 0.0698. The number of hydrogen-bond acceptors (Lipinski definition) is 3. The summed E-state index contributed by atoms with van der Waals surface area (Å²) in [7, 11) is 0. The minimum atomic E-state index is -0.0698. The van der Waals surface area contributed by atoms with E-state index in [9.17, 15) is 9.90 Å². The fourth-order valence-electron chi connectivity index (χ4n) is 2.98. The van der Waals surface area contributed by atoms with Crippen LogP contribution in [0.1, 0.15) is 31.4 Å². The topological polar surface area (TPSA) is 65.5 Å². The van der Waals surface area contributed by atoms with Crippen LogP contribution >= 0.6 is 0 Å². The van der Waals surface area contributed by atoms with Gasteiger partial charge in [-0.2, -0.15) is 0 Å². The molecule has 2 aromatic rings. The molecule has 0 unspecified atom stereocenters. The lowest BCUT2D eigenvalue weighted by atomic mass is 10.1. The Balaban J connectivity index is 1.66. The molecule has 2 N–H and O–H groups in total. The molecule has 25 heavy (non-hydrogen) atoms. The Hall–Kier alpha value is -2.56. The largest absolute Gasteiger partial charge is 0.508 e. The molecule has 1 aromatic heterocycles. The maximum Gasteiger partial charge on any atom is 0.318 e. The third-order valence-corrected chi connectivity index (χ3v) is 4.91. The predicted molar refractivity (Wildman–Crippen MR) is 96.9 cm³/mol. The first kappa shape index (κ1) is 17.3. The number of carbonyl (C=O) groups is 1. The van der Waals surface area contributed by atoms with Gasteiger partial charge in [0.25, 0.3) is 0 Å². The lowest BCUT2D eigenvalue weighted by Crippen LogP contribution is -2.40. The minimum Gasteiger partial charge on any atom is -0.508 e. The van der Waals surface area contributed by atoms with Crippen molar-refractivity contribution < 1.29 is 9.90 Å². The summed E-state index contributed by atoms with van der Waals surface area (Å²) < 4.78 is 0. The molecule has 5 nitrogen and oxygen atoms in total. The van der Waals surface area contributed by atoms with Crippen molar-refractivity contribution in [1.82, 2.24) is 15.2 Å². The number of rotatable bonds is 6. The van der Waals surface area contributed by atoms with Crippen LogP contribution < -0.4 is 5.32 Å². The summed E-state index contributed by atoms with van der Waals surface area (Å²) in [4.78, 5) is 18.6. The van der Waals surface area contributed by atoms with E-state index in [0.29, 0.717) is 31.0 Å². The fraction of sp³-hybridized carbons (Fsp3) is 0.400. The highest BCUT2D eigenvalue weighted by Gasteiger charge is 2.45. The molecule has 0 spiro atoms. The zero-order valence-electron chi connectivity index (χ0n) is 14.8. The highest BCUT2D eigenvalue weighted by molar-refractivity contribution is 5.74. The van der Waals surface area contributed by atoms with Gasteiger partial charge in [0, 0.05) is 32.0 Å². The number of carbonyl (C=O) groups excluding carboxylic acids is 1. The first-order valence-corrected chi connectivity index (χ1v) is 8.63. The number of phenolic OH excluding ortho intramolecular Hbond substituents is 1. The molecule has 2 amide bonds. The van der Waals surface area contributed by atoms with Crippen molar-refractivity contribution in [3.05, 3.63) is 59.9 Å². The van der Waals surface area contributed by atoms with Gasteiger partial charge in [0.05, 0.1) is 0 Å². The summed E-state index contributed by atoms with van der Waals surface area (Å²) in [6.45, 7) is 6.15. The van der Waals surface area contributed by atoms with Crippen molar-refractivity contribution in [3.63, 3.8) is 0 Å². The number of nitrogens with one attached hydrogen (secondary N) is 1. The van der Waals surface area contributed by atoms with E-state index in [1.807, 2.05) is 24.3 Å². The number of amides is 2. The predicted octanol–water partition coefficient (Wildman–Crippen LogP) is 3.55. The second-order valence-corrected chi connectivity index (χ2v) is 7.46. The smallest absolute Gasteiger partial charge is 0.318 e. The van der Waals surface area contributed by atoms with Crippen LogP contribution in [-0.2, 0) is 13.1 Å². The Bertz CT molecular complexity index is 713. The van der Waals surface area contributed by atoms with Crippen LogP contribution in [0.2, 0.25) is 0 Å². The molecule has 3 rings (SSSR count). The van der Waals surface area contributed by atoms with Crippen LogP contribution in [0.3, 0.4) is 0 Å². The van der Waals surface area contributed by atoms with E-state index in [0.717, 1.165) is 17.5 Å². The van der Waals surface area contributed by atoms with Crippen molar-refractivity contribution in [2.24, 2.45) is 11.3 Å². The van der Waals surface area contributed by atoms with E-state index in [4.69, 9.17) is 0 Å². The molecule has 1 heterocycles. The molecular formula is C20H25N3O2. The van der Waals surface area contributed by atoms with Gasteiger partial charge < -0.3 is 15.3 Å². The zero-order chi connectivity index (χ0) is 17.9. The summed E-state index contributed by atoms with van der Waals surface area (Å²) in [6.07, 6.45) is 4.66. The molecule has 1 fully saturated rings. The Morgan fingerprint density at radius 1 is 1.24 bits per heavy atom. The first-order chi connectivity index (χ1) is 11.9. The molecule has 5 heteroatoms. The Morgan fingerprint density at radius 2 is 1.92 bits per heavy atom. The van der Waals surface area contributed by atoms with E-state index in [1.165, 1.54) is 0 Å². The number of benzene rings is 1. The highest BCUT2D eigenvalue weighted by atomic mass is 16.3. The van der Waals surface area contributed by atoms with E-state index < -0.39 is 0 Å². The molecule has 0 saturated heterocycles. The Kier molecular flexibility index (Phi) is 4.93. The highest BCUT2D eigenvalue weighted by Crippen LogP contribution is 2.50. The third-order valence-electron chi connectivity index (χ3n) is 4.91. The van der Waals surface area contributed by atoms with Crippen LogP contribution in [0.4, 0.5) is 4.79 Å². The number of aromatic nitrogens is 1. The SMILES string of the molecule is CC1(C)C[C@@H]1CNC(=O)N(Cc1ccc(O)cc1)Cc1cccnc1. The van der Waals surface area contributed by atoms with Crippen LogP contribution in [-0.4, -0.2) is 27.6 Å². The van der Waals surface area contributed by atoms with Crippen molar-refractivity contribution in [3.8, 4) is 5.75 Å². The summed E-state index contributed by atoms with van der Waals surface area (Å²) in [6, 6.07) is 10.7. The molecule has 1 aromatic carbocycles. The van der Waals surface area contributed by atoms with Gasteiger partial charge in [0.2, 0.25) is 0 Å². The van der Waals surface area contributed by atoms with E-state index in [1.54, 1.807) is 29.4 Å². The normalized spacial score (nSPS) is 17.8. The van der Waals surface area contributed by atoms with Gasteiger partial charge in [-0.25, -0.2) is 4.79 Å². The second-order valence-electron chi connectivity index (χ2n) is 7.46. The number of phenols is 1. The Labute approximate surface area is 148 Å². The second kappa shape index (κ2) is 7.13. The number of pyridine rings is 1. The molecule has 0 radical (unpaired) electrons. The molecule has 0 aliphatic heterocycles. The number of hydrogen-bond donors (Lipinski definition) is 2. The maximum atomic E-state index is 12.7. The van der Waals surface area contributed by atoms with Crippen LogP contribution in [0.5, 0.6) is 5.75 Å². The summed E-state index contributed by atoms with van der Waals surface area (Å²) >= 11 is 0. The number of urea groups is 1. The van der Waals surface area contributed by atoms with Crippen LogP contribution in [0, 0.1) is 11.3 Å². The fourth-order valence-corrected chi connectivity index (χ4v) is 2.98. The summed E-state index contributed by atoms with van der Waals surface area (Å²) in [5.41, 5.74) is 2.31. The van der Waals surface area contributed by atoms with Crippen LogP contribution in [0.15, 0.2) is 48.8 Å². The Morgan fingerprint density at radius 3 is 2.52 bits per heavy atom. The van der Waals surface area contributed by atoms with Gasteiger partial charge >= 0.3 is 6.03 Å². The standard InChI is InChI=1S/C20H25N3O2/c1-20(2)10-17(20)12-22-19(25)23(14-16-4-3-9-21-11-16)13-15-5-7-18(24)8-6-15/h3-9,11,17,24H,10,12-14H2,1-2H3,(H,22,25)/t17-/m1/s1. The van der Waals surface area contributed by atoms with Crippen LogP contribution in [0.25, 0.3) is 0 Å². The van der Waals surface area contributed by atoms with E-state index in [-0.39, 0.29) is 11.8 Å². The molecule has 1 saturated carbocycles. The lowest BCUT2D eigenvalue weighted by molar-refractivity contribution is 0.191. The molecule has 0 bridgehead atoms. The third kappa shape index (κ3) is 4.72. The number of nitrogens with zero attached hydrogens (tertiary/aromatic N) is 2. The molecular weight excluding hydrogens is 314 g/mol. The van der Waals surface area contributed by atoms with Gasteiger partial charge in [0.15, 0.2) is 0 Å². The van der Waals surface area contributed by atoms with Crippen molar-refractivity contribution >= 4 is 6.03 Å². The van der Waals surface area contributed by atoms with E-state index >= 15 is 0 Å². The molecule has 1 aliphatic rings. The van der Waals surface area contributed by atoms with Gasteiger partial charge in [-0.1, -0.05) is 32.0 Å². The molecule has 1 atom stereocenters. The van der Waals surface area contributed by atoms with Gasteiger partial charge in [0.1, 0.15) is 5.75 Å². The maximum absolute atomic E-state index is 12.7.